The van der Waals surface area contributed by atoms with Crippen molar-refractivity contribution in [3.63, 3.8) is 0 Å². The minimum atomic E-state index is 0.0107. The van der Waals surface area contributed by atoms with Gasteiger partial charge in [-0.05, 0) is 74.8 Å². The fourth-order valence-electron chi connectivity index (χ4n) is 4.30. The topological polar surface area (TPSA) is 45.2 Å². The predicted molar refractivity (Wildman–Crippen MR) is 128 cm³/mol. The summed E-state index contributed by atoms with van der Waals surface area (Å²) in [6.07, 6.45) is 4.01. The number of hydrogen-bond donors (Lipinski definition) is 1. The zero-order valence-corrected chi connectivity index (χ0v) is 19.0. The second kappa shape index (κ2) is 10.7. The van der Waals surface area contributed by atoms with E-state index in [2.05, 4.69) is 52.0 Å². The van der Waals surface area contributed by atoms with Crippen LogP contribution in [0.4, 0.5) is 0 Å². The largest absolute Gasteiger partial charge is 0.352 e. The fraction of sp³-hybridized carbons (Fsp3) is 0.385. The third-order valence-corrected chi connectivity index (χ3v) is 6.87. The van der Waals surface area contributed by atoms with E-state index in [0.717, 1.165) is 62.3 Å². The molecule has 3 heterocycles. The third-order valence-electron chi connectivity index (χ3n) is 6.01. The van der Waals surface area contributed by atoms with Gasteiger partial charge in [-0.2, -0.15) is 0 Å². The van der Waals surface area contributed by atoms with Gasteiger partial charge in [-0.25, -0.2) is 0 Å². The fourth-order valence-corrected chi connectivity index (χ4v) is 5.05. The van der Waals surface area contributed by atoms with Crippen LogP contribution in [0.2, 0.25) is 0 Å². The standard InChI is InChI=1S/C26H31N3OS/c1-20-11-12-24(26(30)27-15-5-9-21-7-3-2-4-8-21)25(28-20)22-13-16-29(17-14-22)19-23-10-6-18-31-23/h2-4,6-8,10-12,18,22H,5,9,13-17,19H2,1H3,(H,27,30). The number of amides is 1. The molecule has 1 saturated heterocycles. The van der Waals surface area contributed by atoms with Crippen LogP contribution in [-0.2, 0) is 13.0 Å². The molecule has 0 bridgehead atoms. The zero-order valence-electron chi connectivity index (χ0n) is 18.2. The number of pyridine rings is 1. The van der Waals surface area contributed by atoms with Crippen LogP contribution in [0, 0.1) is 6.92 Å². The Balaban J connectivity index is 1.33. The Morgan fingerprint density at radius 3 is 2.65 bits per heavy atom. The summed E-state index contributed by atoms with van der Waals surface area (Å²) < 4.78 is 0. The van der Waals surface area contributed by atoms with Crippen LogP contribution in [0.3, 0.4) is 0 Å². The van der Waals surface area contributed by atoms with Gasteiger partial charge in [0.2, 0.25) is 0 Å². The molecular formula is C26H31N3OS. The van der Waals surface area contributed by atoms with Crippen molar-refractivity contribution in [2.24, 2.45) is 0 Å². The molecule has 162 valence electrons. The zero-order chi connectivity index (χ0) is 21.5. The van der Waals surface area contributed by atoms with Crippen molar-refractivity contribution in [2.75, 3.05) is 19.6 Å². The number of nitrogens with one attached hydrogen (secondary N) is 1. The van der Waals surface area contributed by atoms with E-state index < -0.39 is 0 Å². The summed E-state index contributed by atoms with van der Waals surface area (Å²) in [5, 5.41) is 5.26. The van der Waals surface area contributed by atoms with E-state index in [-0.39, 0.29) is 5.91 Å². The van der Waals surface area contributed by atoms with E-state index in [1.165, 1.54) is 10.4 Å². The average molecular weight is 434 g/mol. The number of rotatable bonds is 8. The third kappa shape index (κ3) is 6.02. The Morgan fingerprint density at radius 1 is 1.10 bits per heavy atom. The Labute approximate surface area is 189 Å². The van der Waals surface area contributed by atoms with Gasteiger partial charge in [-0.3, -0.25) is 14.7 Å². The van der Waals surface area contributed by atoms with Gasteiger partial charge in [0.15, 0.2) is 0 Å². The Bertz CT molecular complexity index is 964. The lowest BCUT2D eigenvalue weighted by molar-refractivity contribution is 0.0950. The Kier molecular flexibility index (Phi) is 7.49. The van der Waals surface area contributed by atoms with Crippen LogP contribution in [0.25, 0.3) is 0 Å². The molecule has 4 rings (SSSR count). The minimum absolute atomic E-state index is 0.0107. The molecular weight excluding hydrogens is 402 g/mol. The highest BCUT2D eigenvalue weighted by Crippen LogP contribution is 2.30. The van der Waals surface area contributed by atoms with Crippen molar-refractivity contribution < 1.29 is 4.79 Å². The minimum Gasteiger partial charge on any atom is -0.352 e. The molecule has 1 aromatic carbocycles. The summed E-state index contributed by atoms with van der Waals surface area (Å²) in [6, 6.07) is 18.7. The first-order chi connectivity index (χ1) is 15.2. The van der Waals surface area contributed by atoms with Crippen molar-refractivity contribution in [1.29, 1.82) is 0 Å². The predicted octanol–water partition coefficient (Wildman–Crippen LogP) is 5.19. The van der Waals surface area contributed by atoms with Crippen molar-refractivity contribution in [3.8, 4) is 0 Å². The lowest BCUT2D eigenvalue weighted by Crippen LogP contribution is -2.34. The summed E-state index contributed by atoms with van der Waals surface area (Å²) in [5.74, 6) is 0.362. The molecule has 1 N–H and O–H groups in total. The molecule has 0 radical (unpaired) electrons. The molecule has 1 aliphatic rings. The van der Waals surface area contributed by atoms with Gasteiger partial charge in [0, 0.05) is 29.6 Å². The summed E-state index contributed by atoms with van der Waals surface area (Å²) in [6.45, 7) is 5.82. The lowest BCUT2D eigenvalue weighted by atomic mass is 9.89. The maximum atomic E-state index is 12.9. The molecule has 3 aromatic rings. The summed E-state index contributed by atoms with van der Waals surface area (Å²) in [4.78, 5) is 21.7. The molecule has 0 aliphatic carbocycles. The van der Waals surface area contributed by atoms with E-state index in [9.17, 15) is 4.79 Å². The molecule has 0 spiro atoms. The van der Waals surface area contributed by atoms with Crippen LogP contribution in [-0.4, -0.2) is 35.4 Å². The van der Waals surface area contributed by atoms with Crippen molar-refractivity contribution >= 4 is 17.2 Å². The first-order valence-corrected chi connectivity index (χ1v) is 12.1. The maximum Gasteiger partial charge on any atom is 0.253 e. The number of likely N-dealkylation sites (tertiary alicyclic amines) is 1. The van der Waals surface area contributed by atoms with E-state index in [1.807, 2.05) is 36.5 Å². The van der Waals surface area contributed by atoms with E-state index in [1.54, 1.807) is 0 Å². The molecule has 1 fully saturated rings. The van der Waals surface area contributed by atoms with Crippen LogP contribution >= 0.6 is 11.3 Å². The summed E-state index contributed by atoms with van der Waals surface area (Å²) >= 11 is 1.82. The first kappa shape index (κ1) is 21.7. The molecule has 0 atom stereocenters. The molecule has 0 saturated carbocycles. The average Bonchev–Trinajstić information content (AvgIpc) is 3.31. The van der Waals surface area contributed by atoms with Gasteiger partial charge in [0.05, 0.1) is 11.3 Å². The van der Waals surface area contributed by atoms with Crippen LogP contribution < -0.4 is 5.32 Å². The van der Waals surface area contributed by atoms with Crippen molar-refractivity contribution in [3.05, 3.63) is 87.4 Å². The van der Waals surface area contributed by atoms with Crippen LogP contribution in [0.5, 0.6) is 0 Å². The normalized spacial score (nSPS) is 15.1. The smallest absolute Gasteiger partial charge is 0.253 e. The van der Waals surface area contributed by atoms with Crippen molar-refractivity contribution in [1.82, 2.24) is 15.2 Å². The van der Waals surface area contributed by atoms with Gasteiger partial charge >= 0.3 is 0 Å². The number of benzene rings is 1. The number of hydrogen-bond acceptors (Lipinski definition) is 4. The molecule has 4 nitrogen and oxygen atoms in total. The number of aryl methyl sites for hydroxylation is 2. The van der Waals surface area contributed by atoms with Crippen LogP contribution in [0.1, 0.15) is 57.4 Å². The van der Waals surface area contributed by atoms with E-state index in [4.69, 9.17) is 4.98 Å². The Morgan fingerprint density at radius 2 is 1.90 bits per heavy atom. The molecule has 1 aliphatic heterocycles. The van der Waals surface area contributed by atoms with E-state index in [0.29, 0.717) is 12.5 Å². The highest BCUT2D eigenvalue weighted by atomic mass is 32.1. The highest BCUT2D eigenvalue weighted by Gasteiger charge is 2.26. The number of piperidine rings is 1. The molecule has 31 heavy (non-hydrogen) atoms. The quantitative estimate of drug-likeness (QED) is 0.497. The second-order valence-corrected chi connectivity index (χ2v) is 9.39. The van der Waals surface area contributed by atoms with Crippen LogP contribution in [0.15, 0.2) is 60.0 Å². The van der Waals surface area contributed by atoms with Gasteiger partial charge in [-0.15, -0.1) is 11.3 Å². The summed E-state index contributed by atoms with van der Waals surface area (Å²) in [7, 11) is 0. The second-order valence-electron chi connectivity index (χ2n) is 8.36. The van der Waals surface area contributed by atoms with Gasteiger partial charge < -0.3 is 5.32 Å². The number of carbonyl (C=O) groups is 1. The SMILES string of the molecule is Cc1ccc(C(=O)NCCCc2ccccc2)c(C2CCN(Cc3cccs3)CC2)n1. The lowest BCUT2D eigenvalue weighted by Gasteiger charge is -2.32. The van der Waals surface area contributed by atoms with Crippen molar-refractivity contribution in [2.45, 2.75) is 45.1 Å². The number of nitrogens with zero attached hydrogens (tertiary/aromatic N) is 2. The van der Waals surface area contributed by atoms with Gasteiger partial charge in [0.25, 0.3) is 5.91 Å². The molecule has 2 aromatic heterocycles. The number of aromatic nitrogens is 1. The molecule has 1 amide bonds. The van der Waals surface area contributed by atoms with Gasteiger partial charge in [0.1, 0.15) is 0 Å². The number of thiophene rings is 1. The molecule has 5 heteroatoms. The molecule has 0 unspecified atom stereocenters. The number of carbonyl (C=O) groups excluding carboxylic acids is 1. The first-order valence-electron chi connectivity index (χ1n) is 11.2. The monoisotopic (exact) mass is 433 g/mol. The van der Waals surface area contributed by atoms with E-state index >= 15 is 0 Å². The van der Waals surface area contributed by atoms with Gasteiger partial charge in [-0.1, -0.05) is 36.4 Å². The Hall–Kier alpha value is -2.50. The maximum absolute atomic E-state index is 12.9. The summed E-state index contributed by atoms with van der Waals surface area (Å²) in [5.41, 5.74) is 4.03. The highest BCUT2D eigenvalue weighted by molar-refractivity contribution is 7.09.